The van der Waals surface area contributed by atoms with Crippen molar-refractivity contribution in [3.05, 3.63) is 29.3 Å². The molecule has 2 aliphatic heterocycles. The Morgan fingerprint density at radius 3 is 2.57 bits per heavy atom. The molecule has 0 radical (unpaired) electrons. The van der Waals surface area contributed by atoms with Crippen molar-refractivity contribution in [3.8, 4) is 0 Å². The summed E-state index contributed by atoms with van der Waals surface area (Å²) in [6.45, 7) is 4.96. The summed E-state index contributed by atoms with van der Waals surface area (Å²) in [5.41, 5.74) is 0. The van der Waals surface area contributed by atoms with E-state index in [4.69, 9.17) is 11.6 Å². The SMILES string of the molecule is C[C@H]1C[C@@H](C(=O)N2CCC(Sc3ccc(Cl)cc3)CC2)CCN1. The van der Waals surface area contributed by atoms with Crippen molar-refractivity contribution in [1.29, 1.82) is 0 Å². The molecule has 5 heteroatoms. The van der Waals surface area contributed by atoms with Crippen LogP contribution < -0.4 is 5.32 Å². The minimum Gasteiger partial charge on any atom is -0.342 e. The molecular weight excluding hydrogens is 328 g/mol. The molecule has 23 heavy (non-hydrogen) atoms. The van der Waals surface area contributed by atoms with Crippen LogP contribution in [0.25, 0.3) is 0 Å². The van der Waals surface area contributed by atoms with Crippen LogP contribution in [0.2, 0.25) is 5.02 Å². The maximum atomic E-state index is 12.7. The lowest BCUT2D eigenvalue weighted by Gasteiger charge is -2.36. The fourth-order valence-corrected chi connectivity index (χ4v) is 4.76. The lowest BCUT2D eigenvalue weighted by Crippen LogP contribution is -2.47. The number of nitrogens with zero attached hydrogens (tertiary/aromatic N) is 1. The summed E-state index contributed by atoms with van der Waals surface area (Å²) >= 11 is 7.85. The van der Waals surface area contributed by atoms with Gasteiger partial charge in [-0.1, -0.05) is 11.6 Å². The van der Waals surface area contributed by atoms with Gasteiger partial charge < -0.3 is 10.2 Å². The van der Waals surface area contributed by atoms with Crippen molar-refractivity contribution in [1.82, 2.24) is 10.2 Å². The van der Waals surface area contributed by atoms with Crippen molar-refractivity contribution in [2.45, 2.75) is 48.8 Å². The fourth-order valence-electron chi connectivity index (χ4n) is 3.51. The van der Waals surface area contributed by atoms with Gasteiger partial charge in [-0.25, -0.2) is 0 Å². The van der Waals surface area contributed by atoms with Gasteiger partial charge in [0, 0.05) is 40.2 Å². The smallest absolute Gasteiger partial charge is 0.225 e. The van der Waals surface area contributed by atoms with Crippen molar-refractivity contribution < 1.29 is 4.79 Å². The average molecular weight is 353 g/mol. The highest BCUT2D eigenvalue weighted by Gasteiger charge is 2.31. The number of carbonyl (C=O) groups excluding carboxylic acids is 1. The number of hydrogen-bond donors (Lipinski definition) is 1. The van der Waals surface area contributed by atoms with Gasteiger partial charge >= 0.3 is 0 Å². The van der Waals surface area contributed by atoms with E-state index < -0.39 is 0 Å². The number of hydrogen-bond acceptors (Lipinski definition) is 3. The molecule has 1 amide bonds. The van der Waals surface area contributed by atoms with Crippen molar-refractivity contribution in [2.24, 2.45) is 5.92 Å². The number of amides is 1. The van der Waals surface area contributed by atoms with Gasteiger partial charge in [0.2, 0.25) is 5.91 Å². The summed E-state index contributed by atoms with van der Waals surface area (Å²) < 4.78 is 0. The Hall–Kier alpha value is -0.710. The molecular formula is C18H25ClN2OS. The minimum absolute atomic E-state index is 0.228. The Labute approximate surface area is 148 Å². The van der Waals surface area contributed by atoms with Crippen molar-refractivity contribution >= 4 is 29.3 Å². The van der Waals surface area contributed by atoms with Crippen molar-refractivity contribution in [2.75, 3.05) is 19.6 Å². The van der Waals surface area contributed by atoms with Gasteiger partial charge in [-0.05, 0) is 63.4 Å². The first-order valence-electron chi connectivity index (χ1n) is 8.56. The highest BCUT2D eigenvalue weighted by molar-refractivity contribution is 8.00. The molecule has 0 aromatic heterocycles. The molecule has 1 N–H and O–H groups in total. The van der Waals surface area contributed by atoms with Crippen LogP contribution in [0.1, 0.15) is 32.6 Å². The summed E-state index contributed by atoms with van der Waals surface area (Å²) in [7, 11) is 0. The van der Waals surface area contributed by atoms with Gasteiger partial charge in [-0.15, -0.1) is 11.8 Å². The fraction of sp³-hybridized carbons (Fsp3) is 0.611. The molecule has 0 aliphatic carbocycles. The number of nitrogens with one attached hydrogen (secondary N) is 1. The van der Waals surface area contributed by atoms with E-state index in [1.165, 1.54) is 4.90 Å². The van der Waals surface area contributed by atoms with E-state index in [2.05, 4.69) is 29.3 Å². The molecule has 2 aliphatic rings. The maximum absolute atomic E-state index is 12.7. The van der Waals surface area contributed by atoms with E-state index in [9.17, 15) is 4.79 Å². The van der Waals surface area contributed by atoms with Gasteiger partial charge in [0.15, 0.2) is 0 Å². The quantitative estimate of drug-likeness (QED) is 0.897. The van der Waals surface area contributed by atoms with Crippen LogP contribution >= 0.6 is 23.4 Å². The number of benzene rings is 1. The molecule has 2 saturated heterocycles. The van der Waals surface area contributed by atoms with Crippen LogP contribution in [0.3, 0.4) is 0 Å². The standard InChI is InChI=1S/C18H25ClN2OS/c1-13-12-14(6-9-20-13)18(22)21-10-7-17(8-11-21)23-16-4-2-15(19)3-5-16/h2-5,13-14,17,20H,6-12H2,1H3/t13-,14-/m0/s1. The van der Waals surface area contributed by atoms with Crippen LogP contribution in [0.15, 0.2) is 29.2 Å². The second-order valence-electron chi connectivity index (χ2n) is 6.67. The van der Waals surface area contributed by atoms with Gasteiger partial charge in [-0.3, -0.25) is 4.79 Å². The predicted molar refractivity (Wildman–Crippen MR) is 97.1 cm³/mol. The normalized spacial score (nSPS) is 26.3. The molecule has 0 saturated carbocycles. The first-order valence-corrected chi connectivity index (χ1v) is 9.82. The van der Waals surface area contributed by atoms with E-state index in [-0.39, 0.29) is 5.92 Å². The molecule has 0 bridgehead atoms. The zero-order valence-electron chi connectivity index (χ0n) is 13.6. The number of piperidine rings is 2. The third kappa shape index (κ3) is 4.65. The van der Waals surface area contributed by atoms with Crippen molar-refractivity contribution in [3.63, 3.8) is 0 Å². The molecule has 3 rings (SSSR count). The van der Waals surface area contributed by atoms with Gasteiger partial charge in [0.05, 0.1) is 0 Å². The van der Waals surface area contributed by atoms with Crippen LogP contribution in [0.4, 0.5) is 0 Å². The number of carbonyl (C=O) groups is 1. The molecule has 3 nitrogen and oxygen atoms in total. The third-order valence-electron chi connectivity index (χ3n) is 4.84. The van der Waals surface area contributed by atoms with Crippen LogP contribution in [0.5, 0.6) is 0 Å². The first kappa shape index (κ1) is 17.1. The zero-order chi connectivity index (χ0) is 16.2. The second-order valence-corrected chi connectivity index (χ2v) is 8.48. The highest BCUT2D eigenvalue weighted by atomic mass is 35.5. The minimum atomic E-state index is 0.228. The second kappa shape index (κ2) is 7.91. The molecule has 0 spiro atoms. The van der Waals surface area contributed by atoms with E-state index in [1.807, 2.05) is 23.9 Å². The third-order valence-corrected chi connectivity index (χ3v) is 6.44. The van der Waals surface area contributed by atoms with Gasteiger partial charge in [-0.2, -0.15) is 0 Å². The summed E-state index contributed by atoms with van der Waals surface area (Å²) in [6.07, 6.45) is 4.14. The number of halogens is 1. The van der Waals surface area contributed by atoms with Crippen LogP contribution in [-0.2, 0) is 4.79 Å². The van der Waals surface area contributed by atoms with E-state index in [0.717, 1.165) is 50.3 Å². The molecule has 0 unspecified atom stereocenters. The Bertz CT molecular complexity index is 528. The zero-order valence-corrected chi connectivity index (χ0v) is 15.2. The summed E-state index contributed by atoms with van der Waals surface area (Å²) in [5, 5.41) is 4.81. The van der Waals surface area contributed by atoms with Crippen LogP contribution in [0, 0.1) is 5.92 Å². The van der Waals surface area contributed by atoms with E-state index in [0.29, 0.717) is 17.2 Å². The number of rotatable bonds is 3. The first-order chi connectivity index (χ1) is 11.1. The Kier molecular flexibility index (Phi) is 5.89. The molecule has 126 valence electrons. The molecule has 2 heterocycles. The average Bonchev–Trinajstić information content (AvgIpc) is 2.57. The summed E-state index contributed by atoms with van der Waals surface area (Å²) in [6, 6.07) is 8.53. The summed E-state index contributed by atoms with van der Waals surface area (Å²) in [5.74, 6) is 0.611. The Morgan fingerprint density at radius 1 is 1.22 bits per heavy atom. The molecule has 2 fully saturated rings. The lowest BCUT2D eigenvalue weighted by molar-refractivity contribution is -0.137. The van der Waals surface area contributed by atoms with Crippen LogP contribution in [-0.4, -0.2) is 41.7 Å². The largest absolute Gasteiger partial charge is 0.342 e. The molecule has 1 aromatic rings. The highest BCUT2D eigenvalue weighted by Crippen LogP contribution is 2.32. The Balaban J connectivity index is 1.48. The monoisotopic (exact) mass is 352 g/mol. The maximum Gasteiger partial charge on any atom is 0.225 e. The molecule has 1 aromatic carbocycles. The Morgan fingerprint density at radius 2 is 1.91 bits per heavy atom. The molecule has 2 atom stereocenters. The van der Waals surface area contributed by atoms with E-state index >= 15 is 0 Å². The number of thioether (sulfide) groups is 1. The predicted octanol–water partition coefficient (Wildman–Crippen LogP) is 3.81. The van der Waals surface area contributed by atoms with Gasteiger partial charge in [0.1, 0.15) is 0 Å². The topological polar surface area (TPSA) is 32.3 Å². The number of likely N-dealkylation sites (tertiary alicyclic amines) is 1. The van der Waals surface area contributed by atoms with Gasteiger partial charge in [0.25, 0.3) is 0 Å². The summed E-state index contributed by atoms with van der Waals surface area (Å²) in [4.78, 5) is 16.0. The lowest BCUT2D eigenvalue weighted by atomic mass is 9.91. The van der Waals surface area contributed by atoms with E-state index in [1.54, 1.807) is 0 Å².